The average Bonchev–Trinajstić information content (AvgIpc) is 2.48. The van der Waals surface area contributed by atoms with Crippen molar-refractivity contribution in [1.29, 1.82) is 0 Å². The zero-order chi connectivity index (χ0) is 8.10. The normalized spacial score (nSPS) is 10.0. The maximum absolute atomic E-state index is 11.6. The Morgan fingerprint density at radius 3 is 3.09 bits per heavy atom. The van der Waals surface area contributed by atoms with E-state index in [1.54, 1.807) is 6.07 Å². The summed E-state index contributed by atoms with van der Waals surface area (Å²) in [6.07, 6.45) is 0. The Balaban J connectivity index is 2.44. The molecule has 0 aromatic carbocycles. The molecule has 0 saturated heterocycles. The third-order valence-electron chi connectivity index (χ3n) is 0.996. The number of ether oxygens (including phenoxy) is 1. The van der Waals surface area contributed by atoms with Crippen LogP contribution in [0.5, 0.6) is 5.88 Å². The highest BCUT2D eigenvalue weighted by atomic mass is 79.9. The number of nitrogens with zero attached hydrogens (tertiary/aromatic N) is 1. The predicted molar refractivity (Wildman–Crippen MR) is 40.6 cm³/mol. The van der Waals surface area contributed by atoms with Crippen molar-refractivity contribution in [3.8, 4) is 5.88 Å². The van der Waals surface area contributed by atoms with Gasteiger partial charge in [0.25, 0.3) is 5.88 Å². The molecule has 0 spiro atoms. The Morgan fingerprint density at radius 2 is 2.55 bits per heavy atom. The van der Waals surface area contributed by atoms with Crippen molar-refractivity contribution in [1.82, 2.24) is 5.16 Å². The lowest BCUT2D eigenvalue weighted by molar-refractivity contribution is 0.247. The van der Waals surface area contributed by atoms with Gasteiger partial charge in [-0.05, 0) is 5.16 Å². The molecule has 0 unspecified atom stereocenters. The van der Waals surface area contributed by atoms with Crippen LogP contribution < -0.4 is 4.74 Å². The molecular formula is C6H7BrFNO2. The van der Waals surface area contributed by atoms with Crippen LogP contribution in [0, 0.1) is 0 Å². The first-order valence-corrected chi connectivity index (χ1v) is 4.19. The molecule has 0 N–H and O–H groups in total. The Morgan fingerprint density at radius 1 is 1.73 bits per heavy atom. The maximum atomic E-state index is 11.6. The quantitative estimate of drug-likeness (QED) is 0.732. The fourth-order valence-electron chi connectivity index (χ4n) is 0.568. The van der Waals surface area contributed by atoms with Crippen LogP contribution in [0.3, 0.4) is 0 Å². The second-order valence-corrected chi connectivity index (χ2v) is 2.36. The van der Waals surface area contributed by atoms with E-state index in [1.165, 1.54) is 0 Å². The molecule has 1 rings (SSSR count). The molecule has 0 atom stereocenters. The number of halogens is 2. The zero-order valence-corrected chi connectivity index (χ0v) is 7.30. The Hall–Kier alpha value is -0.580. The summed E-state index contributed by atoms with van der Waals surface area (Å²) in [6.45, 7) is -0.495. The molecule has 1 aromatic rings. The number of hydrogen-bond acceptors (Lipinski definition) is 3. The molecule has 3 nitrogen and oxygen atoms in total. The van der Waals surface area contributed by atoms with Gasteiger partial charge in [0.2, 0.25) is 0 Å². The van der Waals surface area contributed by atoms with Gasteiger partial charge >= 0.3 is 0 Å². The monoisotopic (exact) mass is 223 g/mol. The van der Waals surface area contributed by atoms with E-state index in [9.17, 15) is 4.39 Å². The van der Waals surface area contributed by atoms with Gasteiger partial charge < -0.3 is 9.26 Å². The van der Waals surface area contributed by atoms with Gasteiger partial charge in [0.1, 0.15) is 13.3 Å². The number of aromatic nitrogens is 1. The molecule has 1 aromatic heterocycles. The van der Waals surface area contributed by atoms with Crippen molar-refractivity contribution < 1.29 is 13.7 Å². The minimum Gasteiger partial charge on any atom is -0.473 e. The molecule has 5 heteroatoms. The summed E-state index contributed by atoms with van der Waals surface area (Å²) < 4.78 is 21.2. The minimum atomic E-state index is -0.517. The Bertz CT molecular complexity index is 216. The van der Waals surface area contributed by atoms with E-state index in [1.807, 2.05) is 0 Å². The van der Waals surface area contributed by atoms with Crippen molar-refractivity contribution >= 4 is 15.9 Å². The SMILES string of the molecule is FCCOc1cc(CBr)on1. The molecule has 11 heavy (non-hydrogen) atoms. The largest absolute Gasteiger partial charge is 0.473 e. The number of alkyl halides is 2. The van der Waals surface area contributed by atoms with E-state index in [-0.39, 0.29) is 6.61 Å². The highest BCUT2D eigenvalue weighted by Crippen LogP contribution is 2.13. The first kappa shape index (κ1) is 8.52. The first-order chi connectivity index (χ1) is 5.36. The van der Waals surface area contributed by atoms with Gasteiger partial charge in [0, 0.05) is 6.07 Å². The molecule has 0 aliphatic rings. The molecule has 0 radical (unpaired) electrons. The van der Waals surface area contributed by atoms with Crippen LogP contribution in [0.4, 0.5) is 4.39 Å². The molecule has 1 heterocycles. The molecule has 0 bridgehead atoms. The van der Waals surface area contributed by atoms with Crippen LogP contribution in [0.1, 0.15) is 5.76 Å². The summed E-state index contributed by atoms with van der Waals surface area (Å²) in [6, 6.07) is 1.62. The zero-order valence-electron chi connectivity index (χ0n) is 5.72. The van der Waals surface area contributed by atoms with E-state index in [0.717, 1.165) is 0 Å². The summed E-state index contributed by atoms with van der Waals surface area (Å²) in [5.74, 6) is 0.996. The van der Waals surface area contributed by atoms with Gasteiger partial charge in [-0.1, -0.05) is 15.9 Å². The van der Waals surface area contributed by atoms with Crippen molar-refractivity contribution in [2.45, 2.75) is 5.33 Å². The molecule has 0 aliphatic heterocycles. The van der Waals surface area contributed by atoms with Crippen LogP contribution in [0.2, 0.25) is 0 Å². The molecule has 0 aliphatic carbocycles. The third kappa shape index (κ3) is 2.49. The first-order valence-electron chi connectivity index (χ1n) is 3.07. The molecule has 0 saturated carbocycles. The van der Waals surface area contributed by atoms with Crippen LogP contribution in [0.15, 0.2) is 10.6 Å². The van der Waals surface area contributed by atoms with Gasteiger partial charge in [0.15, 0.2) is 5.76 Å². The lowest BCUT2D eigenvalue weighted by atomic mass is 10.5. The summed E-state index contributed by atoms with van der Waals surface area (Å²) in [5, 5.41) is 4.11. The maximum Gasteiger partial charge on any atom is 0.254 e. The van der Waals surface area contributed by atoms with Gasteiger partial charge in [-0.25, -0.2) is 4.39 Å². The average molecular weight is 224 g/mol. The van der Waals surface area contributed by atoms with E-state index < -0.39 is 6.67 Å². The van der Waals surface area contributed by atoms with Crippen LogP contribution in [-0.4, -0.2) is 18.4 Å². The highest BCUT2D eigenvalue weighted by molar-refractivity contribution is 9.08. The number of hydrogen-bond donors (Lipinski definition) is 0. The molecular weight excluding hydrogens is 217 g/mol. The molecule has 0 amide bonds. The highest BCUT2D eigenvalue weighted by Gasteiger charge is 2.02. The Kier molecular flexibility index (Phi) is 3.35. The van der Waals surface area contributed by atoms with E-state index in [4.69, 9.17) is 9.26 Å². The second kappa shape index (κ2) is 4.33. The smallest absolute Gasteiger partial charge is 0.254 e. The second-order valence-electron chi connectivity index (χ2n) is 1.80. The van der Waals surface area contributed by atoms with Crippen LogP contribution >= 0.6 is 15.9 Å². The van der Waals surface area contributed by atoms with Gasteiger partial charge in [-0.3, -0.25) is 0 Å². The van der Waals surface area contributed by atoms with E-state index in [0.29, 0.717) is 17.0 Å². The molecule has 62 valence electrons. The Labute approximate surface area is 71.6 Å². The van der Waals surface area contributed by atoms with Crippen molar-refractivity contribution in [3.63, 3.8) is 0 Å². The number of rotatable bonds is 4. The summed E-state index contributed by atoms with van der Waals surface area (Å²) in [7, 11) is 0. The van der Waals surface area contributed by atoms with Crippen LogP contribution in [0.25, 0.3) is 0 Å². The third-order valence-corrected chi connectivity index (χ3v) is 1.55. The minimum absolute atomic E-state index is 0.0221. The van der Waals surface area contributed by atoms with Crippen LogP contribution in [-0.2, 0) is 5.33 Å². The lowest BCUT2D eigenvalue weighted by Crippen LogP contribution is -1.98. The van der Waals surface area contributed by atoms with Crippen molar-refractivity contribution in [2.24, 2.45) is 0 Å². The standard InChI is InChI=1S/C6H7BrFNO2/c7-4-5-3-6(9-11-5)10-2-1-8/h3H,1-2,4H2. The van der Waals surface area contributed by atoms with E-state index in [2.05, 4.69) is 21.1 Å². The predicted octanol–water partition coefficient (Wildman–Crippen LogP) is 1.92. The van der Waals surface area contributed by atoms with Gasteiger partial charge in [-0.15, -0.1) is 0 Å². The van der Waals surface area contributed by atoms with Crippen molar-refractivity contribution in [3.05, 3.63) is 11.8 Å². The van der Waals surface area contributed by atoms with Crippen molar-refractivity contribution in [2.75, 3.05) is 13.3 Å². The summed E-state index contributed by atoms with van der Waals surface area (Å²) >= 11 is 3.18. The fraction of sp³-hybridized carbons (Fsp3) is 0.500. The van der Waals surface area contributed by atoms with Gasteiger partial charge in [-0.2, -0.15) is 0 Å². The molecule has 0 fully saturated rings. The van der Waals surface area contributed by atoms with Gasteiger partial charge in [0.05, 0.1) is 5.33 Å². The summed E-state index contributed by atoms with van der Waals surface area (Å²) in [5.41, 5.74) is 0. The fourth-order valence-corrected chi connectivity index (χ4v) is 0.832. The lowest BCUT2D eigenvalue weighted by Gasteiger charge is -1.93. The van der Waals surface area contributed by atoms with E-state index >= 15 is 0 Å². The summed E-state index contributed by atoms with van der Waals surface area (Å²) in [4.78, 5) is 0. The topological polar surface area (TPSA) is 35.3 Å².